The highest BCUT2D eigenvalue weighted by Gasteiger charge is 2.49. The van der Waals surface area contributed by atoms with E-state index in [0.29, 0.717) is 0 Å². The minimum absolute atomic E-state index is 0.00309. The standard InChI is InChI=1S/C88H72B2N4O2/c1-85(2,3)51-34-39-56(40-35-51)94-68-42-36-52(86(4,5)6)46-61(68)74-75-59-27-17-22-32-71(59)95-83(75)78-60-47-54(38-41-66(60)92-70-43-37-53(87(7,8)9)48-64(70)90(94)80(74)82(78)92)88(10,11)49-50-33-44-72-62(45-50)76-73-58-26-16-20-30-67(58)93(55-23-13-12-14-24-55)89-63-28-18-21-31-69(63)91-65-29-19-15-25-57(65)77(84(76)96-72)81(91)79(73)89/h12-48H,49H2,1-11H3. The number of hydrogen-bond donors (Lipinski definition) is 0. The van der Waals surface area contributed by atoms with Crippen molar-refractivity contribution in [3.05, 3.63) is 252 Å². The van der Waals surface area contributed by atoms with E-state index in [-0.39, 0.29) is 35.4 Å². The van der Waals surface area contributed by atoms with Crippen molar-refractivity contribution in [1.82, 2.24) is 9.13 Å². The summed E-state index contributed by atoms with van der Waals surface area (Å²) < 4.78 is 20.0. The van der Waals surface area contributed by atoms with Crippen LogP contribution >= 0.6 is 0 Å². The van der Waals surface area contributed by atoms with Crippen molar-refractivity contribution in [3.63, 3.8) is 0 Å². The molecule has 16 aromatic rings. The van der Waals surface area contributed by atoms with Crippen LogP contribution in [0.4, 0.5) is 22.7 Å². The van der Waals surface area contributed by atoms with E-state index in [1.54, 1.807) is 0 Å². The van der Waals surface area contributed by atoms with Crippen molar-refractivity contribution in [1.29, 1.82) is 0 Å². The Bertz CT molecular complexity index is 6110. The maximum absolute atomic E-state index is 7.45. The fraction of sp³-hybridized carbons (Fsp3) is 0.182. The molecule has 8 heteroatoms. The summed E-state index contributed by atoms with van der Waals surface area (Å²) in [5.74, 6) is 0. The first-order valence-corrected chi connectivity index (χ1v) is 34.4. The van der Waals surface area contributed by atoms with Gasteiger partial charge in [-0.25, -0.2) is 0 Å². The van der Waals surface area contributed by atoms with Crippen LogP contribution in [-0.2, 0) is 28.1 Å². The Balaban J connectivity index is 0.822. The average Bonchev–Trinajstić information content (AvgIpc) is 1.44. The second-order valence-electron chi connectivity index (χ2n) is 31.7. The predicted molar refractivity (Wildman–Crippen MR) is 407 cm³/mol. The number of rotatable bonds is 5. The Kier molecular flexibility index (Phi) is 11.0. The number of hydrogen-bond acceptors (Lipinski definition) is 4. The van der Waals surface area contributed by atoms with E-state index < -0.39 is 0 Å². The van der Waals surface area contributed by atoms with Gasteiger partial charge in [0.2, 0.25) is 0 Å². The van der Waals surface area contributed by atoms with Gasteiger partial charge in [-0.2, -0.15) is 0 Å². The summed E-state index contributed by atoms with van der Waals surface area (Å²) in [6.45, 7) is 25.6. The summed E-state index contributed by atoms with van der Waals surface area (Å²) >= 11 is 0. The molecule has 0 saturated heterocycles. The Morgan fingerprint density at radius 3 is 1.57 bits per heavy atom. The average molecular weight is 1240 g/mol. The molecule has 0 amide bonds. The summed E-state index contributed by atoms with van der Waals surface area (Å²) in [5.41, 5.74) is 31.9. The Hall–Kier alpha value is -10.4. The number of benzene rings is 12. The highest BCUT2D eigenvalue weighted by Crippen LogP contribution is 2.55. The first kappa shape index (κ1) is 56.0. The third kappa shape index (κ3) is 7.45. The highest BCUT2D eigenvalue weighted by atomic mass is 16.3. The van der Waals surface area contributed by atoms with Crippen LogP contribution in [0.25, 0.3) is 121 Å². The van der Waals surface area contributed by atoms with Gasteiger partial charge in [0.15, 0.2) is 0 Å². The molecule has 96 heavy (non-hydrogen) atoms. The van der Waals surface area contributed by atoms with E-state index >= 15 is 0 Å². The molecule has 0 bridgehead atoms. The van der Waals surface area contributed by atoms with Crippen LogP contribution in [-0.4, -0.2) is 22.8 Å². The van der Waals surface area contributed by atoms with Gasteiger partial charge in [0.25, 0.3) is 0 Å². The van der Waals surface area contributed by atoms with Gasteiger partial charge in [0.05, 0.1) is 32.8 Å². The lowest BCUT2D eigenvalue weighted by atomic mass is 9.43. The largest absolute Gasteiger partial charge is 0.455 e. The van der Waals surface area contributed by atoms with Crippen molar-refractivity contribution in [2.75, 3.05) is 9.62 Å². The van der Waals surface area contributed by atoms with E-state index in [1.165, 1.54) is 160 Å². The Labute approximate surface area is 560 Å². The van der Waals surface area contributed by atoms with E-state index in [2.05, 4.69) is 319 Å². The molecule has 0 fully saturated rings. The van der Waals surface area contributed by atoms with Crippen molar-refractivity contribution in [3.8, 4) is 33.6 Å². The molecule has 6 nitrogen and oxygen atoms in total. The highest BCUT2D eigenvalue weighted by molar-refractivity contribution is 6.95. The number of para-hydroxylation sites is 5. The number of fused-ring (bicyclic) bond motifs is 26. The van der Waals surface area contributed by atoms with Crippen LogP contribution in [0.3, 0.4) is 0 Å². The van der Waals surface area contributed by atoms with Gasteiger partial charge < -0.3 is 27.6 Å². The molecule has 462 valence electrons. The molecule has 20 rings (SSSR count). The van der Waals surface area contributed by atoms with E-state index in [9.17, 15) is 0 Å². The number of nitrogens with zero attached hydrogens (tertiary/aromatic N) is 4. The molecular formula is C88H72B2N4O2. The lowest BCUT2D eigenvalue weighted by Gasteiger charge is -2.43. The summed E-state index contributed by atoms with van der Waals surface area (Å²) in [7, 11) is 0. The molecule has 0 radical (unpaired) electrons. The molecule has 4 aliphatic heterocycles. The van der Waals surface area contributed by atoms with Gasteiger partial charge in [-0.3, -0.25) is 0 Å². The van der Waals surface area contributed by atoms with Crippen molar-refractivity contribution < 1.29 is 8.83 Å². The fourth-order valence-corrected chi connectivity index (χ4v) is 17.9. The van der Waals surface area contributed by atoms with Gasteiger partial charge in [-0.1, -0.05) is 210 Å². The molecule has 0 spiro atoms. The van der Waals surface area contributed by atoms with Gasteiger partial charge in [-0.05, 0) is 180 Å². The molecule has 4 aromatic heterocycles. The zero-order valence-corrected chi connectivity index (χ0v) is 56.3. The van der Waals surface area contributed by atoms with Gasteiger partial charge in [-0.15, -0.1) is 0 Å². The van der Waals surface area contributed by atoms with Gasteiger partial charge in [0.1, 0.15) is 22.3 Å². The molecule has 0 aliphatic carbocycles. The SMILES string of the molecule is CC(C)(C)c1ccc(N2B3c4cc(C(C)(C)C)ccc4-n4c5ccc(C(C)(C)Cc6ccc7oc8c(c9c%10c%11c8c8ccccc8n%11-c8ccccc8B%10N(c8ccccc8)c8ccccc8-9)c7c6)cc5c5c6oc7ccccc7c6c(c3c54)-c3cc(C(C)(C)C)ccc32)cc1. The van der Waals surface area contributed by atoms with Crippen molar-refractivity contribution in [2.45, 2.75) is 104 Å². The van der Waals surface area contributed by atoms with E-state index in [0.717, 1.165) is 39.5 Å². The minimum Gasteiger partial charge on any atom is -0.455 e. The summed E-state index contributed by atoms with van der Waals surface area (Å²) in [5, 5.41) is 9.41. The quantitative estimate of drug-likeness (QED) is 0.161. The van der Waals surface area contributed by atoms with Crippen LogP contribution in [0.2, 0.25) is 0 Å². The summed E-state index contributed by atoms with van der Waals surface area (Å²) in [6, 6.07) is 85.5. The van der Waals surface area contributed by atoms with Crippen molar-refractivity contribution >= 4 is 146 Å². The van der Waals surface area contributed by atoms with Crippen LogP contribution in [0.15, 0.2) is 233 Å². The minimum atomic E-state index is -0.323. The second kappa shape index (κ2) is 18.9. The second-order valence-corrected chi connectivity index (χ2v) is 31.7. The molecule has 0 unspecified atom stereocenters. The van der Waals surface area contributed by atoms with Gasteiger partial charge in [0, 0.05) is 77.6 Å². The lowest BCUT2D eigenvalue weighted by Crippen LogP contribution is -2.60. The molecule has 0 saturated carbocycles. The van der Waals surface area contributed by atoms with Gasteiger partial charge >= 0.3 is 13.7 Å². The summed E-state index contributed by atoms with van der Waals surface area (Å²) in [6.07, 6.45) is 0.795. The molecular weight excluding hydrogens is 1170 g/mol. The Morgan fingerprint density at radius 2 is 0.854 bits per heavy atom. The van der Waals surface area contributed by atoms with Crippen molar-refractivity contribution in [2.24, 2.45) is 0 Å². The molecule has 0 atom stereocenters. The van der Waals surface area contributed by atoms with Crippen LogP contribution < -0.4 is 31.5 Å². The number of aromatic nitrogens is 2. The fourth-order valence-electron chi connectivity index (χ4n) is 17.9. The first-order chi connectivity index (χ1) is 46.3. The van der Waals surface area contributed by atoms with Crippen LogP contribution in [0.1, 0.15) is 104 Å². The van der Waals surface area contributed by atoms with E-state index in [4.69, 9.17) is 8.83 Å². The smallest absolute Gasteiger partial charge is 0.333 e. The first-order valence-electron chi connectivity index (χ1n) is 34.4. The third-order valence-corrected chi connectivity index (χ3v) is 22.5. The van der Waals surface area contributed by atoms with Crippen LogP contribution in [0.5, 0.6) is 0 Å². The predicted octanol–water partition coefficient (Wildman–Crippen LogP) is 20.6. The Morgan fingerprint density at radius 1 is 0.344 bits per heavy atom. The maximum Gasteiger partial charge on any atom is 0.333 e. The lowest BCUT2D eigenvalue weighted by molar-refractivity contribution is 0.523. The van der Waals surface area contributed by atoms with E-state index in [1.807, 2.05) is 0 Å². The zero-order valence-electron chi connectivity index (χ0n) is 56.3. The third-order valence-electron chi connectivity index (χ3n) is 22.5. The summed E-state index contributed by atoms with van der Waals surface area (Å²) in [4.78, 5) is 5.28. The zero-order chi connectivity index (χ0) is 65.0. The van der Waals surface area contributed by atoms with Crippen LogP contribution in [0, 0.1) is 0 Å². The molecule has 12 aromatic carbocycles. The maximum atomic E-state index is 7.45. The topological polar surface area (TPSA) is 42.6 Å². The molecule has 4 aliphatic rings. The monoisotopic (exact) mass is 1240 g/mol. The number of anilines is 4. The molecule has 0 N–H and O–H groups in total. The molecule has 8 heterocycles. The normalized spacial score (nSPS) is 14.2. The number of furan rings is 2.